The lowest BCUT2D eigenvalue weighted by atomic mass is 10.1. The number of anilines is 1. The zero-order valence-corrected chi connectivity index (χ0v) is 17.5. The zero-order valence-electron chi connectivity index (χ0n) is 16.7. The van der Waals surface area contributed by atoms with Gasteiger partial charge in [0.2, 0.25) is 11.8 Å². The topological polar surface area (TPSA) is 72.4 Å². The number of methoxy groups -OCH3 is 1. The van der Waals surface area contributed by atoms with Crippen LogP contribution < -0.4 is 9.64 Å². The molecule has 1 aromatic heterocycles. The molecule has 2 heterocycles. The number of fused-ring (bicyclic) bond motifs is 1. The van der Waals surface area contributed by atoms with Gasteiger partial charge in [-0.3, -0.25) is 9.59 Å². The molecule has 29 heavy (non-hydrogen) atoms. The van der Waals surface area contributed by atoms with Gasteiger partial charge in [-0.05, 0) is 62.2 Å². The molecular weight excluding hydrogens is 386 g/mol. The number of aromatic nitrogens is 2. The maximum absolute atomic E-state index is 13.0. The second kappa shape index (κ2) is 7.48. The minimum Gasteiger partial charge on any atom is -0.497 e. The molecule has 0 N–H and O–H groups in total. The summed E-state index contributed by atoms with van der Waals surface area (Å²) in [6.45, 7) is 5.87. The monoisotopic (exact) mass is 407 g/mol. The fourth-order valence-electron chi connectivity index (χ4n) is 3.37. The van der Waals surface area contributed by atoms with Crippen LogP contribution in [-0.2, 0) is 9.59 Å². The number of carbonyl (C=O) groups excluding carboxylic acids is 2. The second-order valence-electron chi connectivity index (χ2n) is 7.12. The number of aryl methyl sites for hydroxylation is 3. The molecular formula is C22H21N3O3S. The first-order valence-electron chi connectivity index (χ1n) is 9.30. The molecule has 0 aliphatic carbocycles. The molecule has 6 nitrogen and oxygen atoms in total. The van der Waals surface area contributed by atoms with Gasteiger partial charge in [-0.1, -0.05) is 17.8 Å². The molecule has 2 aromatic carbocycles. The van der Waals surface area contributed by atoms with Gasteiger partial charge in [0.05, 0.1) is 18.3 Å². The molecule has 3 aromatic rings. The van der Waals surface area contributed by atoms with Crippen LogP contribution in [0.3, 0.4) is 0 Å². The Hall–Kier alpha value is -2.93. The van der Waals surface area contributed by atoms with E-state index in [4.69, 9.17) is 4.74 Å². The third kappa shape index (κ3) is 3.58. The van der Waals surface area contributed by atoms with Crippen LogP contribution in [0.1, 0.15) is 23.2 Å². The molecule has 0 radical (unpaired) electrons. The third-order valence-corrected chi connectivity index (χ3v) is 6.22. The van der Waals surface area contributed by atoms with Crippen LogP contribution in [-0.4, -0.2) is 34.1 Å². The van der Waals surface area contributed by atoms with E-state index in [9.17, 15) is 9.59 Å². The Morgan fingerprint density at radius 2 is 1.83 bits per heavy atom. The lowest BCUT2D eigenvalue weighted by molar-refractivity contribution is -0.121. The number of hydrogen-bond acceptors (Lipinski definition) is 6. The number of imide groups is 1. The van der Waals surface area contributed by atoms with Gasteiger partial charge < -0.3 is 4.74 Å². The highest BCUT2D eigenvalue weighted by atomic mass is 32.2. The number of nitrogens with zero attached hydrogens (tertiary/aromatic N) is 3. The number of amides is 2. The summed E-state index contributed by atoms with van der Waals surface area (Å²) in [6.07, 6.45) is 0.138. The molecule has 0 bridgehead atoms. The van der Waals surface area contributed by atoms with Gasteiger partial charge in [0.1, 0.15) is 11.0 Å². The maximum Gasteiger partial charge on any atom is 0.247 e. The number of benzene rings is 2. The molecule has 1 atom stereocenters. The second-order valence-corrected chi connectivity index (χ2v) is 8.29. The predicted octanol–water partition coefficient (Wildman–Crippen LogP) is 3.99. The van der Waals surface area contributed by atoms with Crippen molar-refractivity contribution in [1.29, 1.82) is 0 Å². The van der Waals surface area contributed by atoms with E-state index in [1.165, 1.54) is 16.7 Å². The average molecular weight is 407 g/mol. The molecule has 1 aliphatic heterocycles. The van der Waals surface area contributed by atoms with Crippen LogP contribution in [0, 0.1) is 20.8 Å². The summed E-state index contributed by atoms with van der Waals surface area (Å²) in [7, 11) is 1.62. The molecule has 1 aliphatic rings. The van der Waals surface area contributed by atoms with Crippen molar-refractivity contribution in [1.82, 2.24) is 9.97 Å². The molecule has 148 valence electrons. The molecule has 1 saturated heterocycles. The number of thioether (sulfide) groups is 1. The van der Waals surface area contributed by atoms with E-state index < -0.39 is 5.25 Å². The van der Waals surface area contributed by atoms with Gasteiger partial charge in [0.15, 0.2) is 5.16 Å². The van der Waals surface area contributed by atoms with Crippen molar-refractivity contribution in [3.8, 4) is 5.75 Å². The van der Waals surface area contributed by atoms with Gasteiger partial charge in [-0.2, -0.15) is 0 Å². The zero-order chi connectivity index (χ0) is 20.7. The van der Waals surface area contributed by atoms with Gasteiger partial charge in [-0.15, -0.1) is 0 Å². The van der Waals surface area contributed by atoms with Crippen molar-refractivity contribution in [2.45, 2.75) is 37.6 Å². The van der Waals surface area contributed by atoms with Crippen molar-refractivity contribution in [3.05, 3.63) is 53.2 Å². The van der Waals surface area contributed by atoms with E-state index in [0.717, 1.165) is 33.5 Å². The Morgan fingerprint density at radius 3 is 2.55 bits per heavy atom. The number of rotatable bonds is 4. The lowest BCUT2D eigenvalue weighted by Crippen LogP contribution is -2.31. The van der Waals surface area contributed by atoms with E-state index in [0.29, 0.717) is 10.8 Å². The van der Waals surface area contributed by atoms with Gasteiger partial charge >= 0.3 is 0 Å². The van der Waals surface area contributed by atoms with Crippen LogP contribution in [0.2, 0.25) is 0 Å². The highest BCUT2D eigenvalue weighted by Gasteiger charge is 2.40. The Morgan fingerprint density at radius 1 is 1.03 bits per heavy atom. The van der Waals surface area contributed by atoms with Gasteiger partial charge in [-0.25, -0.2) is 14.9 Å². The van der Waals surface area contributed by atoms with Crippen LogP contribution in [0.4, 0.5) is 5.69 Å². The fraction of sp³-hybridized carbons (Fsp3) is 0.273. The number of carbonyl (C=O) groups is 2. The largest absolute Gasteiger partial charge is 0.497 e. The Kier molecular flexibility index (Phi) is 5.00. The molecule has 2 amide bonds. The van der Waals surface area contributed by atoms with Crippen LogP contribution in [0.15, 0.2) is 41.6 Å². The van der Waals surface area contributed by atoms with Crippen molar-refractivity contribution >= 4 is 40.2 Å². The summed E-state index contributed by atoms with van der Waals surface area (Å²) in [5.74, 6) is 0.322. The molecule has 0 spiro atoms. The standard InChI is InChI=1S/C22H21N3O3S/c1-12-5-6-15(9-13(12)2)25-20(26)11-19(21(25)27)29-22-23-14(3)17-10-16(28-4)7-8-18(17)24-22/h5-10,19H,11H2,1-4H3/t19-/m1/s1. The summed E-state index contributed by atoms with van der Waals surface area (Å²) in [5.41, 5.74) is 4.37. The Balaban J connectivity index is 1.60. The predicted molar refractivity (Wildman–Crippen MR) is 113 cm³/mol. The first kappa shape index (κ1) is 19.4. The van der Waals surface area contributed by atoms with Gasteiger partial charge in [0, 0.05) is 17.5 Å². The highest BCUT2D eigenvalue weighted by Crippen LogP contribution is 2.34. The Bertz CT molecular complexity index is 1150. The van der Waals surface area contributed by atoms with Crippen LogP contribution in [0.5, 0.6) is 5.75 Å². The van der Waals surface area contributed by atoms with Crippen molar-refractivity contribution in [2.75, 3.05) is 12.0 Å². The van der Waals surface area contributed by atoms with E-state index in [2.05, 4.69) is 9.97 Å². The summed E-state index contributed by atoms with van der Waals surface area (Å²) in [6, 6.07) is 11.2. The summed E-state index contributed by atoms with van der Waals surface area (Å²) in [5, 5.41) is 0.867. The van der Waals surface area contributed by atoms with Crippen molar-refractivity contribution < 1.29 is 14.3 Å². The first-order valence-corrected chi connectivity index (χ1v) is 10.2. The number of hydrogen-bond donors (Lipinski definition) is 0. The first-order chi connectivity index (χ1) is 13.9. The van der Waals surface area contributed by atoms with E-state index in [1.54, 1.807) is 7.11 Å². The molecule has 0 unspecified atom stereocenters. The van der Waals surface area contributed by atoms with Crippen LogP contribution >= 0.6 is 11.8 Å². The smallest absolute Gasteiger partial charge is 0.247 e. The third-order valence-electron chi connectivity index (χ3n) is 5.17. The lowest BCUT2D eigenvalue weighted by Gasteiger charge is -2.16. The normalized spacial score (nSPS) is 16.7. The summed E-state index contributed by atoms with van der Waals surface area (Å²) in [4.78, 5) is 35.9. The van der Waals surface area contributed by atoms with E-state index in [-0.39, 0.29) is 18.2 Å². The van der Waals surface area contributed by atoms with Crippen LogP contribution in [0.25, 0.3) is 10.9 Å². The molecule has 7 heteroatoms. The molecule has 4 rings (SSSR count). The average Bonchev–Trinajstić information content (AvgIpc) is 2.97. The van der Waals surface area contributed by atoms with Gasteiger partial charge in [0.25, 0.3) is 0 Å². The van der Waals surface area contributed by atoms with Crippen molar-refractivity contribution in [2.24, 2.45) is 0 Å². The summed E-state index contributed by atoms with van der Waals surface area (Å²) < 4.78 is 5.26. The SMILES string of the molecule is COc1ccc2nc(S[C@@H]3CC(=O)N(c4ccc(C)c(C)c4)C3=O)nc(C)c2c1. The summed E-state index contributed by atoms with van der Waals surface area (Å²) >= 11 is 1.24. The maximum atomic E-state index is 13.0. The minimum atomic E-state index is -0.529. The highest BCUT2D eigenvalue weighted by molar-refractivity contribution is 8.00. The Labute approximate surface area is 173 Å². The molecule has 0 saturated carbocycles. The van der Waals surface area contributed by atoms with E-state index >= 15 is 0 Å². The van der Waals surface area contributed by atoms with E-state index in [1.807, 2.05) is 57.2 Å². The fourth-order valence-corrected chi connectivity index (χ4v) is 4.40. The van der Waals surface area contributed by atoms with Crippen molar-refractivity contribution in [3.63, 3.8) is 0 Å². The minimum absolute atomic E-state index is 0.138. The molecule has 1 fully saturated rings. The quantitative estimate of drug-likeness (QED) is 0.481. The number of ether oxygens (including phenoxy) is 1.